The first kappa shape index (κ1) is 20.2. The summed E-state index contributed by atoms with van der Waals surface area (Å²) in [6.45, 7) is 1.03. The molecule has 0 aromatic heterocycles. The highest BCUT2D eigenvalue weighted by Crippen LogP contribution is 2.37. The summed E-state index contributed by atoms with van der Waals surface area (Å²) >= 11 is 0. The van der Waals surface area contributed by atoms with Crippen LogP contribution in [0.1, 0.15) is 30.4 Å². The van der Waals surface area contributed by atoms with E-state index >= 15 is 0 Å². The van der Waals surface area contributed by atoms with Crippen molar-refractivity contribution in [3.63, 3.8) is 0 Å². The Morgan fingerprint density at radius 2 is 1.84 bits per heavy atom. The second-order valence-corrected chi connectivity index (χ2v) is 10.2. The van der Waals surface area contributed by atoms with Crippen LogP contribution in [0.4, 0.5) is 5.69 Å². The summed E-state index contributed by atoms with van der Waals surface area (Å²) in [4.78, 5) is 14.5. The number of sulfonamides is 1. The maximum Gasteiger partial charge on any atom is 0.240 e. The average molecular weight is 435 g/mol. The zero-order valence-corrected chi connectivity index (χ0v) is 18.2. The lowest BCUT2D eigenvalue weighted by Crippen LogP contribution is -2.30. The van der Waals surface area contributed by atoms with Crippen LogP contribution in [0.3, 0.4) is 0 Å². The molecule has 5 nitrogen and oxygen atoms in total. The molecule has 2 aliphatic rings. The van der Waals surface area contributed by atoms with Crippen molar-refractivity contribution in [3.05, 3.63) is 71.8 Å². The SMILES string of the molecule is O=C(C1CC1)N1CCc2cc(S(=O)(=O)NCCCc3cccc4ccccc34)ccc21. The third kappa shape index (κ3) is 4.10. The summed E-state index contributed by atoms with van der Waals surface area (Å²) in [6.07, 6.45) is 4.19. The van der Waals surface area contributed by atoms with Gasteiger partial charge in [-0.1, -0.05) is 42.5 Å². The van der Waals surface area contributed by atoms with Crippen molar-refractivity contribution in [2.45, 2.75) is 37.0 Å². The Kier molecular flexibility index (Phi) is 5.28. The van der Waals surface area contributed by atoms with Crippen LogP contribution in [0.25, 0.3) is 10.8 Å². The Bertz CT molecular complexity index is 1240. The van der Waals surface area contributed by atoms with E-state index in [1.165, 1.54) is 16.3 Å². The topological polar surface area (TPSA) is 66.5 Å². The van der Waals surface area contributed by atoms with Crippen LogP contribution < -0.4 is 9.62 Å². The molecule has 3 aromatic rings. The molecule has 0 bridgehead atoms. The molecule has 6 heteroatoms. The zero-order chi connectivity index (χ0) is 21.4. The van der Waals surface area contributed by atoms with Gasteiger partial charge in [-0.25, -0.2) is 13.1 Å². The van der Waals surface area contributed by atoms with E-state index in [1.54, 1.807) is 18.2 Å². The fourth-order valence-corrected chi connectivity index (χ4v) is 5.53. The van der Waals surface area contributed by atoms with Crippen molar-refractivity contribution in [3.8, 4) is 0 Å². The summed E-state index contributed by atoms with van der Waals surface area (Å²) in [6, 6.07) is 19.6. The van der Waals surface area contributed by atoms with Crippen molar-refractivity contribution in [2.24, 2.45) is 5.92 Å². The molecular weight excluding hydrogens is 408 g/mol. The van der Waals surface area contributed by atoms with Crippen LogP contribution >= 0.6 is 0 Å². The van der Waals surface area contributed by atoms with Crippen LogP contribution in [0.15, 0.2) is 65.6 Å². The van der Waals surface area contributed by atoms with E-state index in [0.29, 0.717) is 19.5 Å². The Morgan fingerprint density at radius 1 is 1.03 bits per heavy atom. The van der Waals surface area contributed by atoms with Crippen LogP contribution in [0, 0.1) is 5.92 Å². The maximum atomic E-state index is 12.8. The monoisotopic (exact) mass is 434 g/mol. The number of hydrogen-bond acceptors (Lipinski definition) is 3. The molecule has 160 valence electrons. The quantitative estimate of drug-likeness (QED) is 0.571. The number of rotatable bonds is 7. The molecule has 1 N–H and O–H groups in total. The van der Waals surface area contributed by atoms with E-state index in [9.17, 15) is 13.2 Å². The van der Waals surface area contributed by atoms with Gasteiger partial charge in [-0.2, -0.15) is 0 Å². The van der Waals surface area contributed by atoms with Crippen molar-refractivity contribution in [2.75, 3.05) is 18.0 Å². The summed E-state index contributed by atoms with van der Waals surface area (Å²) < 4.78 is 28.3. The minimum atomic E-state index is -3.57. The number of carbonyl (C=O) groups is 1. The zero-order valence-electron chi connectivity index (χ0n) is 17.4. The van der Waals surface area contributed by atoms with E-state index in [2.05, 4.69) is 29.0 Å². The molecule has 3 aromatic carbocycles. The summed E-state index contributed by atoms with van der Waals surface area (Å²) in [5.41, 5.74) is 3.04. The summed E-state index contributed by atoms with van der Waals surface area (Å²) in [5, 5.41) is 2.42. The normalized spacial score (nSPS) is 15.9. The molecule has 1 saturated carbocycles. The van der Waals surface area contributed by atoms with Crippen molar-refractivity contribution >= 4 is 32.4 Å². The number of nitrogens with one attached hydrogen (secondary N) is 1. The number of hydrogen-bond donors (Lipinski definition) is 1. The molecular formula is C25H26N2O3S. The highest BCUT2D eigenvalue weighted by atomic mass is 32.2. The van der Waals surface area contributed by atoms with Gasteiger partial charge in [0.25, 0.3) is 0 Å². The number of nitrogens with zero attached hydrogens (tertiary/aromatic N) is 1. The summed E-state index contributed by atoms with van der Waals surface area (Å²) in [7, 11) is -3.57. The van der Waals surface area contributed by atoms with Crippen molar-refractivity contribution in [1.82, 2.24) is 4.72 Å². The van der Waals surface area contributed by atoms with Gasteiger partial charge in [0.15, 0.2) is 0 Å². The van der Waals surface area contributed by atoms with Crippen LogP contribution in [-0.4, -0.2) is 27.4 Å². The maximum absolute atomic E-state index is 12.8. The molecule has 1 aliphatic heterocycles. The Hall–Kier alpha value is -2.70. The predicted molar refractivity (Wildman–Crippen MR) is 123 cm³/mol. The van der Waals surface area contributed by atoms with Gasteiger partial charge >= 0.3 is 0 Å². The molecule has 0 spiro atoms. The first-order valence-electron chi connectivity index (χ1n) is 10.9. The fraction of sp³-hybridized carbons (Fsp3) is 0.320. The number of carbonyl (C=O) groups excluding carboxylic acids is 1. The number of benzene rings is 3. The van der Waals surface area contributed by atoms with Gasteiger partial charge in [0.05, 0.1) is 4.90 Å². The van der Waals surface area contributed by atoms with Gasteiger partial charge in [-0.3, -0.25) is 4.79 Å². The molecule has 1 aliphatic carbocycles. The Labute approximate surface area is 183 Å². The molecule has 1 amide bonds. The van der Waals surface area contributed by atoms with E-state index < -0.39 is 10.0 Å². The van der Waals surface area contributed by atoms with Crippen molar-refractivity contribution < 1.29 is 13.2 Å². The lowest BCUT2D eigenvalue weighted by molar-refractivity contribution is -0.119. The molecule has 0 atom stereocenters. The highest BCUT2D eigenvalue weighted by molar-refractivity contribution is 7.89. The first-order chi connectivity index (χ1) is 15.0. The predicted octanol–water partition coefficient (Wildman–Crippen LogP) is 4.05. The van der Waals surface area contributed by atoms with Gasteiger partial charge in [0, 0.05) is 24.7 Å². The molecule has 0 saturated heterocycles. The lowest BCUT2D eigenvalue weighted by Gasteiger charge is -2.17. The third-order valence-electron chi connectivity index (χ3n) is 6.24. The van der Waals surface area contributed by atoms with E-state index in [-0.39, 0.29) is 16.7 Å². The van der Waals surface area contributed by atoms with Gasteiger partial charge in [-0.05, 0) is 72.2 Å². The van der Waals surface area contributed by atoms with Gasteiger partial charge in [-0.15, -0.1) is 0 Å². The smallest absolute Gasteiger partial charge is 0.240 e. The van der Waals surface area contributed by atoms with Gasteiger partial charge in [0.1, 0.15) is 0 Å². The first-order valence-corrected chi connectivity index (χ1v) is 12.4. The molecule has 31 heavy (non-hydrogen) atoms. The van der Waals surface area contributed by atoms with E-state index in [1.807, 2.05) is 23.1 Å². The minimum Gasteiger partial charge on any atom is -0.312 e. The molecule has 0 radical (unpaired) electrons. The van der Waals surface area contributed by atoms with Gasteiger partial charge in [0.2, 0.25) is 15.9 Å². The number of aryl methyl sites for hydroxylation is 1. The standard InChI is InChI=1S/C25H26N2O3S/c28-25(20-10-11-20)27-16-14-21-17-22(12-13-24(21)27)31(29,30)26-15-4-8-19-7-3-6-18-5-1-2-9-23(18)19/h1-3,5-7,9,12-13,17,20,26H,4,8,10-11,14-16H2. The van der Waals surface area contributed by atoms with E-state index in [0.717, 1.165) is 36.9 Å². The largest absolute Gasteiger partial charge is 0.312 e. The van der Waals surface area contributed by atoms with E-state index in [4.69, 9.17) is 0 Å². The average Bonchev–Trinajstić information content (AvgIpc) is 3.55. The minimum absolute atomic E-state index is 0.165. The van der Waals surface area contributed by atoms with Gasteiger partial charge < -0.3 is 4.90 Å². The number of fused-ring (bicyclic) bond motifs is 2. The van der Waals surface area contributed by atoms with Crippen LogP contribution in [0.2, 0.25) is 0 Å². The number of amides is 1. The molecule has 0 unspecified atom stereocenters. The fourth-order valence-electron chi connectivity index (χ4n) is 4.40. The Morgan fingerprint density at radius 3 is 2.68 bits per heavy atom. The second-order valence-electron chi connectivity index (χ2n) is 8.44. The van der Waals surface area contributed by atoms with Crippen LogP contribution in [-0.2, 0) is 27.7 Å². The second kappa shape index (κ2) is 8.09. The lowest BCUT2D eigenvalue weighted by atomic mass is 10.0. The highest BCUT2D eigenvalue weighted by Gasteiger charge is 2.36. The molecule has 1 heterocycles. The summed E-state index contributed by atoms with van der Waals surface area (Å²) in [5.74, 6) is 0.346. The molecule has 5 rings (SSSR count). The van der Waals surface area contributed by atoms with Crippen LogP contribution in [0.5, 0.6) is 0 Å². The Balaban J connectivity index is 1.22. The number of anilines is 1. The third-order valence-corrected chi connectivity index (χ3v) is 7.70. The molecule has 1 fully saturated rings. The van der Waals surface area contributed by atoms with Crippen molar-refractivity contribution in [1.29, 1.82) is 0 Å².